The zero-order chi connectivity index (χ0) is 10.1. The van der Waals surface area contributed by atoms with Crippen LogP contribution in [0.5, 0.6) is 0 Å². The minimum atomic E-state index is 0.277. The number of aromatic nitrogens is 3. The van der Waals surface area contributed by atoms with E-state index in [9.17, 15) is 4.79 Å². The van der Waals surface area contributed by atoms with E-state index in [0.717, 1.165) is 18.7 Å². The van der Waals surface area contributed by atoms with Gasteiger partial charge in [0.2, 0.25) is 0 Å². The first-order chi connectivity index (χ1) is 6.68. The van der Waals surface area contributed by atoms with Gasteiger partial charge >= 0.3 is 0 Å². The van der Waals surface area contributed by atoms with Gasteiger partial charge in [-0.3, -0.25) is 4.79 Å². The van der Waals surface area contributed by atoms with Crippen LogP contribution in [0.1, 0.15) is 38.6 Å². The second-order valence-electron chi connectivity index (χ2n) is 4.13. The standard InChI is InChI=1S/C10H15N3O/c1-7(2)13-10(11-6-12-13)5-9(14)8-3-4-8/h6-8H,3-5H2,1-2H3. The van der Waals surface area contributed by atoms with Crippen molar-refractivity contribution in [3.05, 3.63) is 12.2 Å². The van der Waals surface area contributed by atoms with Gasteiger partial charge in [0, 0.05) is 12.0 Å². The summed E-state index contributed by atoms with van der Waals surface area (Å²) in [6, 6.07) is 0.277. The van der Waals surface area contributed by atoms with E-state index < -0.39 is 0 Å². The van der Waals surface area contributed by atoms with E-state index >= 15 is 0 Å². The molecule has 4 nitrogen and oxygen atoms in total. The molecule has 0 aliphatic heterocycles. The second-order valence-corrected chi connectivity index (χ2v) is 4.13. The summed E-state index contributed by atoms with van der Waals surface area (Å²) in [5.74, 6) is 1.43. The summed E-state index contributed by atoms with van der Waals surface area (Å²) in [4.78, 5) is 15.7. The van der Waals surface area contributed by atoms with Crippen LogP contribution >= 0.6 is 0 Å². The molecule has 0 amide bonds. The summed E-state index contributed by atoms with van der Waals surface area (Å²) < 4.78 is 1.82. The van der Waals surface area contributed by atoms with Crippen molar-refractivity contribution >= 4 is 5.78 Å². The van der Waals surface area contributed by atoms with Gasteiger partial charge in [0.05, 0.1) is 6.42 Å². The van der Waals surface area contributed by atoms with Gasteiger partial charge in [0.1, 0.15) is 17.9 Å². The zero-order valence-electron chi connectivity index (χ0n) is 8.60. The van der Waals surface area contributed by atoms with Crippen molar-refractivity contribution in [3.8, 4) is 0 Å². The van der Waals surface area contributed by atoms with E-state index in [4.69, 9.17) is 0 Å². The van der Waals surface area contributed by atoms with Gasteiger partial charge in [0.25, 0.3) is 0 Å². The molecule has 0 spiro atoms. The van der Waals surface area contributed by atoms with E-state index in [1.54, 1.807) is 0 Å². The van der Waals surface area contributed by atoms with Crippen LogP contribution in [0.2, 0.25) is 0 Å². The molecule has 1 aromatic heterocycles. The number of rotatable bonds is 4. The summed E-state index contributed by atoms with van der Waals surface area (Å²) in [7, 11) is 0. The van der Waals surface area contributed by atoms with Gasteiger partial charge in [-0.2, -0.15) is 5.10 Å². The molecule has 0 aromatic carbocycles. The van der Waals surface area contributed by atoms with Gasteiger partial charge in [-0.15, -0.1) is 0 Å². The highest BCUT2D eigenvalue weighted by Gasteiger charge is 2.30. The fourth-order valence-corrected chi connectivity index (χ4v) is 1.54. The molecule has 4 heteroatoms. The maximum Gasteiger partial charge on any atom is 0.143 e. The van der Waals surface area contributed by atoms with Crippen LogP contribution in [0.3, 0.4) is 0 Å². The fourth-order valence-electron chi connectivity index (χ4n) is 1.54. The van der Waals surface area contributed by atoms with Crippen LogP contribution in [0.15, 0.2) is 6.33 Å². The molecule has 1 heterocycles. The minimum Gasteiger partial charge on any atom is -0.299 e. The maximum absolute atomic E-state index is 11.6. The molecule has 14 heavy (non-hydrogen) atoms. The van der Waals surface area contributed by atoms with Crippen molar-refractivity contribution in [1.82, 2.24) is 14.8 Å². The quantitative estimate of drug-likeness (QED) is 0.725. The third-order valence-electron chi connectivity index (χ3n) is 2.50. The molecule has 0 radical (unpaired) electrons. The predicted octanol–water partition coefficient (Wildman–Crippen LogP) is 1.38. The van der Waals surface area contributed by atoms with Crippen molar-refractivity contribution in [1.29, 1.82) is 0 Å². The maximum atomic E-state index is 11.6. The number of carbonyl (C=O) groups is 1. The van der Waals surface area contributed by atoms with Gasteiger partial charge in [0.15, 0.2) is 0 Å². The number of nitrogens with zero attached hydrogens (tertiary/aromatic N) is 3. The monoisotopic (exact) mass is 193 g/mol. The molecule has 0 bridgehead atoms. The Kier molecular flexibility index (Phi) is 2.35. The third kappa shape index (κ3) is 1.84. The largest absolute Gasteiger partial charge is 0.299 e. The Labute approximate surface area is 83.3 Å². The lowest BCUT2D eigenvalue weighted by molar-refractivity contribution is -0.119. The van der Waals surface area contributed by atoms with Gasteiger partial charge in [-0.1, -0.05) is 0 Å². The molecule has 2 rings (SSSR count). The van der Waals surface area contributed by atoms with Crippen LogP contribution in [0, 0.1) is 5.92 Å². The van der Waals surface area contributed by atoms with E-state index in [0.29, 0.717) is 18.1 Å². The number of Topliss-reactive ketones (excluding diaryl/α,β-unsaturated/α-hetero) is 1. The van der Waals surface area contributed by atoms with E-state index in [1.807, 2.05) is 18.5 Å². The summed E-state index contributed by atoms with van der Waals surface area (Å²) >= 11 is 0. The Morgan fingerprint density at radius 3 is 2.93 bits per heavy atom. The van der Waals surface area contributed by atoms with Crippen LogP contribution < -0.4 is 0 Å². The average Bonchev–Trinajstić information content (AvgIpc) is 2.87. The van der Waals surface area contributed by atoms with Crippen molar-refractivity contribution in [2.45, 2.75) is 39.2 Å². The molecule has 0 N–H and O–H groups in total. The molecular formula is C10H15N3O. The smallest absolute Gasteiger partial charge is 0.143 e. The first kappa shape index (κ1) is 9.37. The fraction of sp³-hybridized carbons (Fsp3) is 0.700. The first-order valence-electron chi connectivity index (χ1n) is 5.09. The third-order valence-corrected chi connectivity index (χ3v) is 2.50. The predicted molar refractivity (Wildman–Crippen MR) is 51.8 cm³/mol. The average molecular weight is 193 g/mol. The molecule has 1 aromatic rings. The first-order valence-corrected chi connectivity index (χ1v) is 5.09. The number of ketones is 1. The Bertz CT molecular complexity index is 339. The van der Waals surface area contributed by atoms with Crippen molar-refractivity contribution in [2.75, 3.05) is 0 Å². The van der Waals surface area contributed by atoms with Crippen molar-refractivity contribution in [3.63, 3.8) is 0 Å². The number of carbonyl (C=O) groups excluding carboxylic acids is 1. The van der Waals surface area contributed by atoms with Crippen molar-refractivity contribution < 1.29 is 4.79 Å². The van der Waals surface area contributed by atoms with Gasteiger partial charge in [-0.05, 0) is 26.7 Å². The highest BCUT2D eigenvalue weighted by molar-refractivity contribution is 5.84. The Hall–Kier alpha value is -1.19. The molecule has 1 aliphatic carbocycles. The van der Waals surface area contributed by atoms with Crippen LogP contribution in [0.25, 0.3) is 0 Å². The second kappa shape index (κ2) is 3.52. The molecular weight excluding hydrogens is 178 g/mol. The lowest BCUT2D eigenvalue weighted by Gasteiger charge is -2.08. The number of hydrogen-bond donors (Lipinski definition) is 0. The summed E-state index contributed by atoms with van der Waals surface area (Å²) in [6.07, 6.45) is 4.10. The Morgan fingerprint density at radius 2 is 2.36 bits per heavy atom. The molecule has 0 saturated heterocycles. The summed E-state index contributed by atoms with van der Waals surface area (Å²) in [5.41, 5.74) is 0. The van der Waals surface area contributed by atoms with Crippen molar-refractivity contribution in [2.24, 2.45) is 5.92 Å². The summed E-state index contributed by atoms with van der Waals surface area (Å²) in [5, 5.41) is 4.10. The molecule has 0 atom stereocenters. The van der Waals surface area contributed by atoms with E-state index in [2.05, 4.69) is 10.1 Å². The molecule has 1 saturated carbocycles. The van der Waals surface area contributed by atoms with E-state index in [-0.39, 0.29) is 6.04 Å². The molecule has 1 aliphatic rings. The Balaban J connectivity index is 2.07. The topological polar surface area (TPSA) is 47.8 Å². The lowest BCUT2D eigenvalue weighted by Crippen LogP contribution is -2.13. The molecule has 76 valence electrons. The van der Waals surface area contributed by atoms with Crippen LogP contribution in [-0.2, 0) is 11.2 Å². The van der Waals surface area contributed by atoms with Gasteiger partial charge in [-0.25, -0.2) is 9.67 Å². The van der Waals surface area contributed by atoms with Gasteiger partial charge < -0.3 is 0 Å². The number of hydrogen-bond acceptors (Lipinski definition) is 3. The normalized spacial score (nSPS) is 16.2. The molecule has 0 unspecified atom stereocenters. The lowest BCUT2D eigenvalue weighted by atomic mass is 10.2. The highest BCUT2D eigenvalue weighted by Crippen LogP contribution is 2.30. The zero-order valence-corrected chi connectivity index (χ0v) is 8.60. The highest BCUT2D eigenvalue weighted by atomic mass is 16.1. The SMILES string of the molecule is CC(C)n1ncnc1CC(=O)C1CC1. The minimum absolute atomic E-state index is 0.277. The van der Waals surface area contributed by atoms with Crippen LogP contribution in [0.4, 0.5) is 0 Å². The summed E-state index contributed by atoms with van der Waals surface area (Å²) in [6.45, 7) is 4.08. The Morgan fingerprint density at radius 1 is 1.64 bits per heavy atom. The van der Waals surface area contributed by atoms with E-state index in [1.165, 1.54) is 6.33 Å². The molecule has 1 fully saturated rings. The van der Waals surface area contributed by atoms with Crippen LogP contribution in [-0.4, -0.2) is 20.5 Å².